The number of halogens is 1. The van der Waals surface area contributed by atoms with Gasteiger partial charge in [-0.3, -0.25) is 0 Å². The largest absolute Gasteiger partial charge is 0.478 e. The summed E-state index contributed by atoms with van der Waals surface area (Å²) in [5.74, 6) is 4.55. The first-order valence-corrected chi connectivity index (χ1v) is 4.69. The van der Waals surface area contributed by atoms with Crippen molar-refractivity contribution in [1.29, 1.82) is 0 Å². The van der Waals surface area contributed by atoms with Crippen molar-refractivity contribution in [2.75, 3.05) is 13.6 Å². The predicted molar refractivity (Wildman–Crippen MR) is 59.2 cm³/mol. The molecule has 2 N–H and O–H groups in total. The Morgan fingerprint density at radius 2 is 2.33 bits per heavy atom. The summed E-state index contributed by atoms with van der Waals surface area (Å²) in [5.41, 5.74) is 0.605. The summed E-state index contributed by atoms with van der Waals surface area (Å²) >= 11 is 5.70. The lowest BCUT2D eigenvalue weighted by Crippen LogP contribution is -2.05. The molecule has 1 aromatic carbocycles. The molecule has 0 radical (unpaired) electrons. The van der Waals surface area contributed by atoms with E-state index in [2.05, 4.69) is 17.2 Å². The van der Waals surface area contributed by atoms with Gasteiger partial charge in [0.2, 0.25) is 0 Å². The van der Waals surface area contributed by atoms with Gasteiger partial charge in [-0.05, 0) is 25.2 Å². The molecule has 0 bridgehead atoms. The van der Waals surface area contributed by atoms with E-state index in [1.807, 2.05) is 0 Å². The number of carboxylic acid groups (broad SMARTS) is 1. The van der Waals surface area contributed by atoms with Crippen LogP contribution in [0.25, 0.3) is 0 Å². The van der Waals surface area contributed by atoms with E-state index >= 15 is 0 Å². The lowest BCUT2D eigenvalue weighted by Gasteiger charge is -1.99. The van der Waals surface area contributed by atoms with E-state index in [9.17, 15) is 4.79 Å². The van der Waals surface area contributed by atoms with E-state index < -0.39 is 5.97 Å². The molecule has 0 heterocycles. The zero-order chi connectivity index (χ0) is 11.3. The first-order chi connectivity index (χ1) is 7.15. The summed E-state index contributed by atoms with van der Waals surface area (Å²) in [6.07, 6.45) is 0. The highest BCUT2D eigenvalue weighted by Gasteiger charge is 2.08. The molecule has 0 aliphatic carbocycles. The molecular weight excluding hydrogens is 214 g/mol. The Morgan fingerprint density at radius 3 is 2.93 bits per heavy atom. The molecule has 1 rings (SSSR count). The van der Waals surface area contributed by atoms with Crippen molar-refractivity contribution in [2.24, 2.45) is 0 Å². The number of nitrogens with one attached hydrogen (secondary N) is 1. The second kappa shape index (κ2) is 5.40. The van der Waals surface area contributed by atoms with E-state index in [-0.39, 0.29) is 5.56 Å². The van der Waals surface area contributed by atoms with Crippen LogP contribution in [0.4, 0.5) is 0 Å². The molecule has 0 aliphatic heterocycles. The minimum atomic E-state index is -1.02. The number of carboxylic acids is 1. The van der Waals surface area contributed by atoms with E-state index in [1.165, 1.54) is 6.07 Å². The molecule has 0 amide bonds. The molecule has 0 fully saturated rings. The Hall–Kier alpha value is -1.50. The van der Waals surface area contributed by atoms with Crippen LogP contribution in [0.1, 0.15) is 15.9 Å². The van der Waals surface area contributed by atoms with Crippen LogP contribution in [0, 0.1) is 11.8 Å². The summed E-state index contributed by atoms with van der Waals surface area (Å²) in [5, 5.41) is 12.2. The fourth-order valence-electron chi connectivity index (χ4n) is 1.03. The second-order valence-electron chi connectivity index (χ2n) is 2.83. The number of carbonyl (C=O) groups is 1. The van der Waals surface area contributed by atoms with Gasteiger partial charge in [0, 0.05) is 10.6 Å². The number of benzene rings is 1. The maximum absolute atomic E-state index is 10.9. The van der Waals surface area contributed by atoms with Crippen LogP contribution in [0.5, 0.6) is 0 Å². The molecule has 15 heavy (non-hydrogen) atoms. The van der Waals surface area contributed by atoms with Crippen molar-refractivity contribution < 1.29 is 9.90 Å². The van der Waals surface area contributed by atoms with Crippen molar-refractivity contribution in [3.05, 3.63) is 34.3 Å². The molecule has 78 valence electrons. The second-order valence-corrected chi connectivity index (χ2v) is 3.26. The van der Waals surface area contributed by atoms with Gasteiger partial charge in [0.05, 0.1) is 12.1 Å². The lowest BCUT2D eigenvalue weighted by atomic mass is 10.1. The first kappa shape index (κ1) is 11.6. The highest BCUT2D eigenvalue weighted by molar-refractivity contribution is 6.31. The molecule has 0 unspecified atom stereocenters. The average molecular weight is 224 g/mol. The van der Waals surface area contributed by atoms with E-state index in [1.54, 1.807) is 19.2 Å². The highest BCUT2D eigenvalue weighted by atomic mass is 35.5. The van der Waals surface area contributed by atoms with Crippen LogP contribution < -0.4 is 5.32 Å². The summed E-state index contributed by atoms with van der Waals surface area (Å²) in [6, 6.07) is 4.62. The third kappa shape index (κ3) is 3.28. The molecule has 4 heteroatoms. The van der Waals surface area contributed by atoms with Crippen LogP contribution in [0.15, 0.2) is 18.2 Å². The summed E-state index contributed by atoms with van der Waals surface area (Å²) < 4.78 is 0. The molecule has 0 aromatic heterocycles. The van der Waals surface area contributed by atoms with E-state index in [4.69, 9.17) is 16.7 Å². The Morgan fingerprint density at radius 1 is 1.60 bits per heavy atom. The molecule has 0 spiro atoms. The monoisotopic (exact) mass is 223 g/mol. The first-order valence-electron chi connectivity index (χ1n) is 4.31. The third-order valence-electron chi connectivity index (χ3n) is 1.70. The number of hydrogen-bond acceptors (Lipinski definition) is 2. The Labute approximate surface area is 93.1 Å². The van der Waals surface area contributed by atoms with Gasteiger partial charge in [0.1, 0.15) is 0 Å². The minimum absolute atomic E-state index is 0.131. The van der Waals surface area contributed by atoms with Crippen molar-refractivity contribution >= 4 is 17.6 Å². The molecule has 0 saturated carbocycles. The van der Waals surface area contributed by atoms with Crippen molar-refractivity contribution in [3.63, 3.8) is 0 Å². The molecule has 3 nitrogen and oxygen atoms in total. The summed E-state index contributed by atoms with van der Waals surface area (Å²) in [4.78, 5) is 10.9. The molecule has 0 saturated heterocycles. The zero-order valence-corrected chi connectivity index (χ0v) is 8.93. The van der Waals surface area contributed by atoms with Gasteiger partial charge < -0.3 is 10.4 Å². The minimum Gasteiger partial charge on any atom is -0.478 e. The highest BCUT2D eigenvalue weighted by Crippen LogP contribution is 2.15. The normalized spacial score (nSPS) is 9.20. The lowest BCUT2D eigenvalue weighted by molar-refractivity contribution is 0.0696. The Balaban J connectivity index is 3.08. The number of aromatic carboxylic acids is 1. The van der Waals surface area contributed by atoms with Gasteiger partial charge in [0.25, 0.3) is 0 Å². The van der Waals surface area contributed by atoms with Crippen LogP contribution in [-0.4, -0.2) is 24.7 Å². The summed E-state index contributed by atoms with van der Waals surface area (Å²) in [6.45, 7) is 0.516. The smallest absolute Gasteiger partial charge is 0.337 e. The molecular formula is C11H10ClNO2. The van der Waals surface area contributed by atoms with Crippen molar-refractivity contribution in [3.8, 4) is 11.8 Å². The Kier molecular flexibility index (Phi) is 4.17. The fraction of sp³-hybridized carbons (Fsp3) is 0.182. The van der Waals surface area contributed by atoms with E-state index in [0.717, 1.165) is 0 Å². The molecule has 1 aromatic rings. The van der Waals surface area contributed by atoms with Gasteiger partial charge in [-0.25, -0.2) is 4.79 Å². The summed E-state index contributed by atoms with van der Waals surface area (Å²) in [7, 11) is 1.77. The van der Waals surface area contributed by atoms with Crippen LogP contribution >= 0.6 is 11.6 Å². The quantitative estimate of drug-likeness (QED) is 0.749. The average Bonchev–Trinajstić information content (AvgIpc) is 2.20. The SMILES string of the molecule is CNCC#Cc1ccc(Cl)cc1C(=O)O. The van der Waals surface area contributed by atoms with Crippen LogP contribution in [0.2, 0.25) is 5.02 Å². The number of rotatable bonds is 2. The predicted octanol–water partition coefficient (Wildman–Crippen LogP) is 1.61. The van der Waals surface area contributed by atoms with Gasteiger partial charge in [-0.2, -0.15) is 0 Å². The van der Waals surface area contributed by atoms with E-state index in [0.29, 0.717) is 17.1 Å². The zero-order valence-electron chi connectivity index (χ0n) is 8.17. The van der Waals surface area contributed by atoms with Gasteiger partial charge in [0.15, 0.2) is 0 Å². The van der Waals surface area contributed by atoms with Crippen LogP contribution in [0.3, 0.4) is 0 Å². The maximum Gasteiger partial charge on any atom is 0.337 e. The number of hydrogen-bond donors (Lipinski definition) is 2. The fourth-order valence-corrected chi connectivity index (χ4v) is 1.20. The maximum atomic E-state index is 10.9. The van der Waals surface area contributed by atoms with Crippen molar-refractivity contribution in [2.45, 2.75) is 0 Å². The van der Waals surface area contributed by atoms with Crippen molar-refractivity contribution in [1.82, 2.24) is 5.32 Å². The van der Waals surface area contributed by atoms with Crippen LogP contribution in [-0.2, 0) is 0 Å². The van der Waals surface area contributed by atoms with Gasteiger partial charge >= 0.3 is 5.97 Å². The topological polar surface area (TPSA) is 49.3 Å². The Bertz CT molecular complexity index is 432. The van der Waals surface area contributed by atoms with Gasteiger partial charge in [-0.1, -0.05) is 23.4 Å². The molecule has 0 aliphatic rings. The standard InChI is InChI=1S/C11H10ClNO2/c1-13-6-2-3-8-4-5-9(12)7-10(8)11(14)15/h4-5,7,13H,6H2,1H3,(H,14,15). The molecule has 0 atom stereocenters. The van der Waals surface area contributed by atoms with Gasteiger partial charge in [-0.15, -0.1) is 0 Å². The third-order valence-corrected chi connectivity index (χ3v) is 1.94.